The highest BCUT2D eigenvalue weighted by molar-refractivity contribution is 5.84. The molecule has 0 fully saturated rings. The molecule has 2 atom stereocenters. The minimum atomic E-state index is -0.600. The lowest BCUT2D eigenvalue weighted by Gasteiger charge is -2.29. The van der Waals surface area contributed by atoms with Gasteiger partial charge in [-0.1, -0.05) is 30.3 Å². The summed E-state index contributed by atoms with van der Waals surface area (Å²) < 4.78 is 15.3. The average molecular weight is 291 g/mol. The first kappa shape index (κ1) is 14.9. The lowest BCUT2D eigenvalue weighted by Crippen LogP contribution is -2.48. The fraction of sp³-hybridized carbons (Fsp3) is 0.333. The summed E-state index contributed by atoms with van der Waals surface area (Å²) >= 11 is 0. The van der Waals surface area contributed by atoms with Crippen LogP contribution in [0.25, 0.3) is 0 Å². The molecule has 0 bridgehead atoms. The van der Waals surface area contributed by atoms with Crippen LogP contribution in [0.5, 0.6) is 0 Å². The summed E-state index contributed by atoms with van der Waals surface area (Å²) in [6.07, 6.45) is 0.0839. The summed E-state index contributed by atoms with van der Waals surface area (Å²) in [5, 5.41) is 2.63. The minimum absolute atomic E-state index is 0.166. The first-order valence-electron chi connectivity index (χ1n) is 6.53. The topological polar surface area (TPSA) is 73.9 Å². The van der Waals surface area contributed by atoms with Gasteiger partial charge in [0.2, 0.25) is 0 Å². The Balaban J connectivity index is 1.92. The normalized spacial score (nSPS) is 21.0. The fourth-order valence-corrected chi connectivity index (χ4v) is 1.99. The highest BCUT2D eigenvalue weighted by Crippen LogP contribution is 2.17. The smallest absolute Gasteiger partial charge is 0.408 e. The Morgan fingerprint density at radius 2 is 2.05 bits per heavy atom. The van der Waals surface area contributed by atoms with Gasteiger partial charge in [-0.25, -0.2) is 9.59 Å². The maximum absolute atomic E-state index is 11.8. The van der Waals surface area contributed by atoms with E-state index in [0.29, 0.717) is 5.76 Å². The quantitative estimate of drug-likeness (QED) is 0.856. The van der Waals surface area contributed by atoms with Crippen LogP contribution in [-0.4, -0.2) is 31.3 Å². The Bertz CT molecular complexity index is 540. The van der Waals surface area contributed by atoms with Gasteiger partial charge in [-0.15, -0.1) is 0 Å². The maximum Gasteiger partial charge on any atom is 0.408 e. The van der Waals surface area contributed by atoms with Crippen molar-refractivity contribution in [2.24, 2.45) is 0 Å². The van der Waals surface area contributed by atoms with E-state index >= 15 is 0 Å². The second-order valence-electron chi connectivity index (χ2n) is 4.58. The maximum atomic E-state index is 11.8. The van der Waals surface area contributed by atoms with E-state index in [9.17, 15) is 9.59 Å². The predicted octanol–water partition coefficient (Wildman–Crippen LogP) is 1.76. The predicted molar refractivity (Wildman–Crippen MR) is 74.2 cm³/mol. The van der Waals surface area contributed by atoms with Crippen molar-refractivity contribution in [2.45, 2.75) is 25.7 Å². The zero-order valence-corrected chi connectivity index (χ0v) is 11.9. The second-order valence-corrected chi connectivity index (χ2v) is 4.58. The lowest BCUT2D eigenvalue weighted by atomic mass is 10.1. The van der Waals surface area contributed by atoms with Gasteiger partial charge in [0.25, 0.3) is 0 Å². The van der Waals surface area contributed by atoms with E-state index in [-0.39, 0.29) is 6.61 Å². The molecule has 1 heterocycles. The third-order valence-electron chi connectivity index (χ3n) is 3.06. The zero-order valence-electron chi connectivity index (χ0n) is 11.9. The standard InChI is InChI=1S/C15H17NO5/c1-10-14(12(19-2)8-13(17)21-10)16-15(18)20-9-11-6-4-3-5-7-11/h3-8,10,14H,9H2,1-2H3,(H,16,18)/t10-,14+/m1/s1. The lowest BCUT2D eigenvalue weighted by molar-refractivity contribution is -0.145. The van der Waals surface area contributed by atoms with Crippen LogP contribution in [0, 0.1) is 0 Å². The molecule has 6 heteroatoms. The Labute approximate surface area is 122 Å². The van der Waals surface area contributed by atoms with Crippen molar-refractivity contribution in [1.29, 1.82) is 0 Å². The zero-order chi connectivity index (χ0) is 15.2. The van der Waals surface area contributed by atoms with E-state index in [1.54, 1.807) is 6.92 Å². The Morgan fingerprint density at radius 1 is 1.33 bits per heavy atom. The fourth-order valence-electron chi connectivity index (χ4n) is 1.99. The molecule has 0 aromatic heterocycles. The van der Waals surface area contributed by atoms with E-state index in [1.807, 2.05) is 30.3 Å². The number of ether oxygens (including phenoxy) is 3. The van der Waals surface area contributed by atoms with Gasteiger partial charge in [0.15, 0.2) is 0 Å². The van der Waals surface area contributed by atoms with Crippen LogP contribution in [0.2, 0.25) is 0 Å². The summed E-state index contributed by atoms with van der Waals surface area (Å²) in [5.41, 5.74) is 0.887. The number of hydrogen-bond donors (Lipinski definition) is 1. The number of alkyl carbamates (subject to hydrolysis) is 1. The van der Waals surface area contributed by atoms with Crippen LogP contribution in [0.15, 0.2) is 42.2 Å². The number of nitrogens with one attached hydrogen (secondary N) is 1. The van der Waals surface area contributed by atoms with Gasteiger partial charge in [0, 0.05) is 0 Å². The third-order valence-corrected chi connectivity index (χ3v) is 3.06. The van der Waals surface area contributed by atoms with Crippen molar-refractivity contribution >= 4 is 12.1 Å². The number of rotatable bonds is 4. The molecule has 1 aliphatic heterocycles. The molecule has 1 aromatic carbocycles. The number of benzene rings is 1. The summed E-state index contributed by atoms with van der Waals surface area (Å²) in [5.74, 6) is -0.148. The highest BCUT2D eigenvalue weighted by atomic mass is 16.6. The van der Waals surface area contributed by atoms with Crippen LogP contribution in [0.4, 0.5) is 4.79 Å². The number of methoxy groups -OCH3 is 1. The SMILES string of the molecule is COC1=CC(=O)O[C@H](C)[C@@H]1NC(=O)OCc1ccccc1. The largest absolute Gasteiger partial charge is 0.498 e. The number of carbonyl (C=O) groups is 2. The van der Waals surface area contributed by atoms with Crippen LogP contribution in [0.1, 0.15) is 12.5 Å². The molecule has 112 valence electrons. The van der Waals surface area contributed by atoms with Gasteiger partial charge in [0.1, 0.15) is 24.5 Å². The number of amides is 1. The van der Waals surface area contributed by atoms with Gasteiger partial charge < -0.3 is 19.5 Å². The monoisotopic (exact) mass is 291 g/mol. The van der Waals surface area contributed by atoms with Gasteiger partial charge in [-0.2, -0.15) is 0 Å². The van der Waals surface area contributed by atoms with Gasteiger partial charge in [-0.05, 0) is 12.5 Å². The molecule has 0 aliphatic carbocycles. The minimum Gasteiger partial charge on any atom is -0.498 e. The van der Waals surface area contributed by atoms with Crippen LogP contribution >= 0.6 is 0 Å². The molecule has 0 saturated carbocycles. The van der Waals surface area contributed by atoms with Crippen LogP contribution in [-0.2, 0) is 25.6 Å². The Kier molecular flexibility index (Phi) is 4.81. The van der Waals surface area contributed by atoms with Gasteiger partial charge in [-0.3, -0.25) is 0 Å². The average Bonchev–Trinajstić information content (AvgIpc) is 2.48. The number of esters is 1. The van der Waals surface area contributed by atoms with Crippen molar-refractivity contribution in [1.82, 2.24) is 5.32 Å². The van der Waals surface area contributed by atoms with Crippen LogP contribution < -0.4 is 5.32 Å². The van der Waals surface area contributed by atoms with Crippen molar-refractivity contribution in [3.63, 3.8) is 0 Å². The van der Waals surface area contributed by atoms with Crippen molar-refractivity contribution in [2.75, 3.05) is 7.11 Å². The molecule has 1 aromatic rings. The first-order valence-corrected chi connectivity index (χ1v) is 6.53. The number of hydrogen-bond acceptors (Lipinski definition) is 5. The molecule has 1 aliphatic rings. The van der Waals surface area contributed by atoms with E-state index < -0.39 is 24.2 Å². The molecule has 2 rings (SSSR count). The molecule has 0 radical (unpaired) electrons. The second kappa shape index (κ2) is 6.78. The van der Waals surface area contributed by atoms with E-state index in [4.69, 9.17) is 14.2 Å². The molecule has 0 saturated heterocycles. The first-order chi connectivity index (χ1) is 10.1. The van der Waals surface area contributed by atoms with Crippen molar-refractivity contribution < 1.29 is 23.8 Å². The van der Waals surface area contributed by atoms with Crippen LogP contribution in [0.3, 0.4) is 0 Å². The third kappa shape index (κ3) is 3.98. The highest BCUT2D eigenvalue weighted by Gasteiger charge is 2.32. The van der Waals surface area contributed by atoms with Crippen molar-refractivity contribution in [3.05, 3.63) is 47.7 Å². The summed E-state index contributed by atoms with van der Waals surface area (Å²) in [7, 11) is 1.43. The summed E-state index contributed by atoms with van der Waals surface area (Å²) in [4.78, 5) is 23.1. The molecular weight excluding hydrogens is 274 g/mol. The summed E-state index contributed by atoms with van der Waals surface area (Å²) in [6.45, 7) is 1.84. The molecule has 0 spiro atoms. The molecule has 6 nitrogen and oxygen atoms in total. The molecule has 1 amide bonds. The molecular formula is C15H17NO5. The van der Waals surface area contributed by atoms with Gasteiger partial charge >= 0.3 is 12.1 Å². The molecule has 21 heavy (non-hydrogen) atoms. The van der Waals surface area contributed by atoms with Gasteiger partial charge in [0.05, 0.1) is 13.2 Å². The molecule has 1 N–H and O–H groups in total. The van der Waals surface area contributed by atoms with E-state index in [1.165, 1.54) is 13.2 Å². The Hall–Kier alpha value is -2.50. The van der Waals surface area contributed by atoms with E-state index in [2.05, 4.69) is 5.32 Å². The Morgan fingerprint density at radius 3 is 2.71 bits per heavy atom. The molecule has 0 unspecified atom stereocenters. The van der Waals surface area contributed by atoms with E-state index in [0.717, 1.165) is 5.56 Å². The summed E-state index contributed by atoms with van der Waals surface area (Å²) in [6, 6.07) is 8.78. The van der Waals surface area contributed by atoms with Crippen molar-refractivity contribution in [3.8, 4) is 0 Å². The number of cyclic esters (lactones) is 1. The number of carbonyl (C=O) groups excluding carboxylic acids is 2.